The van der Waals surface area contributed by atoms with Crippen molar-refractivity contribution in [1.29, 1.82) is 0 Å². The third kappa shape index (κ3) is 10.8. The molecule has 3 heterocycles. The number of H-pyrrole nitrogens is 1. The molecule has 2 aliphatic heterocycles. The SMILES string of the molecule is C#C[C@]1(O)[C@H](O)[C@@H](COP(O)(=S)OP(=O)(O)OC2OC([C@H](COC(C)=O)OC(C)=O)C(O)C(OC(C)=O)C2OC(C)=O)O[C@H]1n1ccc(=O)[nH]c1=O. The van der Waals surface area contributed by atoms with Gasteiger partial charge < -0.3 is 58.1 Å². The highest BCUT2D eigenvalue weighted by molar-refractivity contribution is 8.08. The van der Waals surface area contributed by atoms with E-state index in [0.717, 1.165) is 40.0 Å². The summed E-state index contributed by atoms with van der Waals surface area (Å²) in [4.78, 5) is 94.1. The van der Waals surface area contributed by atoms with E-state index >= 15 is 0 Å². The average molecular weight is 805 g/mol. The standard InChI is InChI=1S/C26H34N2O21P2S/c1-6-26(37)22(35)16(46-24(26)28-8-7-17(33)27-25(28)36)10-42-51(40,52)49-50(38,39)48-23-21(45-14(5)32)20(44-13(4)31)18(34)19(47-23)15(43-12(3)30)9-41-11(2)29/h1,7-8,15-16,18-24,34-35,37H,9-10H2,2-5H3,(H,38,39)(H,40,52)(H,27,33,36)/t15-,16+,18?,19?,20?,21?,22+,23?,24+,26-,51?/m0/s1. The first kappa shape index (κ1) is 43.0. The second-order valence-corrected chi connectivity index (χ2v) is 15.3. The van der Waals surface area contributed by atoms with Crippen LogP contribution >= 0.6 is 14.5 Å². The fraction of sp³-hybridized carbons (Fsp3) is 0.615. The number of ether oxygens (including phenoxy) is 6. The van der Waals surface area contributed by atoms with Crippen molar-refractivity contribution in [2.45, 2.75) is 88.5 Å². The molecule has 290 valence electrons. The van der Waals surface area contributed by atoms with Crippen molar-refractivity contribution in [3.63, 3.8) is 0 Å². The van der Waals surface area contributed by atoms with E-state index in [1.165, 1.54) is 0 Å². The third-order valence-corrected chi connectivity index (χ3v) is 10.5. The molecule has 0 aromatic carbocycles. The van der Waals surface area contributed by atoms with Gasteiger partial charge in [-0.25, -0.2) is 13.7 Å². The van der Waals surface area contributed by atoms with Gasteiger partial charge in [0, 0.05) is 40.0 Å². The summed E-state index contributed by atoms with van der Waals surface area (Å²) in [7, 11) is -5.76. The van der Waals surface area contributed by atoms with Crippen molar-refractivity contribution in [1.82, 2.24) is 9.55 Å². The Hall–Kier alpha value is -3.40. The highest BCUT2D eigenvalue weighted by Crippen LogP contribution is 2.62. The lowest BCUT2D eigenvalue weighted by Gasteiger charge is -2.44. The molecule has 0 radical (unpaired) electrons. The maximum Gasteiger partial charge on any atom is 0.481 e. The van der Waals surface area contributed by atoms with Crippen LogP contribution in [-0.4, -0.2) is 126 Å². The van der Waals surface area contributed by atoms with Crippen LogP contribution in [0.1, 0.15) is 33.9 Å². The van der Waals surface area contributed by atoms with Crippen LogP contribution in [-0.2, 0) is 77.3 Å². The lowest BCUT2D eigenvalue weighted by atomic mass is 9.95. The number of aliphatic hydroxyl groups is 3. The molecule has 2 aliphatic rings. The lowest BCUT2D eigenvalue weighted by Crippen LogP contribution is -2.64. The maximum atomic E-state index is 13.2. The normalized spacial score (nSPS) is 31.5. The Balaban J connectivity index is 1.86. The van der Waals surface area contributed by atoms with Crippen LogP contribution in [0, 0.1) is 12.3 Å². The average Bonchev–Trinajstić information content (AvgIpc) is 3.25. The van der Waals surface area contributed by atoms with Crippen molar-refractivity contribution < 1.29 is 90.6 Å². The molecule has 7 unspecified atom stereocenters. The van der Waals surface area contributed by atoms with Gasteiger partial charge in [0.25, 0.3) is 5.56 Å². The van der Waals surface area contributed by atoms with Gasteiger partial charge in [-0.3, -0.25) is 38.0 Å². The summed E-state index contributed by atoms with van der Waals surface area (Å²) in [5, 5.41) is 32.7. The number of hydrogen-bond donors (Lipinski definition) is 6. The van der Waals surface area contributed by atoms with Crippen LogP contribution in [0.3, 0.4) is 0 Å². The van der Waals surface area contributed by atoms with Gasteiger partial charge in [0.1, 0.15) is 31.0 Å². The fourth-order valence-electron chi connectivity index (χ4n) is 4.91. The minimum atomic E-state index is -5.76. The van der Waals surface area contributed by atoms with Crippen LogP contribution in [0.15, 0.2) is 21.9 Å². The van der Waals surface area contributed by atoms with E-state index in [9.17, 15) is 58.4 Å². The molecule has 23 nitrogen and oxygen atoms in total. The molecule has 1 aromatic rings. The molecule has 0 spiro atoms. The second kappa shape index (κ2) is 17.2. The number of esters is 4. The molecule has 52 heavy (non-hydrogen) atoms. The molecular formula is C26H34N2O21P2S. The zero-order chi connectivity index (χ0) is 39.3. The topological polar surface area (TPSA) is 324 Å². The Morgan fingerprint density at radius 3 is 2.21 bits per heavy atom. The summed E-state index contributed by atoms with van der Waals surface area (Å²) in [6, 6.07) is 0.883. The molecular weight excluding hydrogens is 770 g/mol. The molecule has 0 amide bonds. The van der Waals surface area contributed by atoms with Gasteiger partial charge in [0.05, 0.1) is 6.61 Å². The largest absolute Gasteiger partial charge is 0.481 e. The number of terminal acetylenes is 1. The van der Waals surface area contributed by atoms with E-state index in [1.54, 1.807) is 0 Å². The predicted molar refractivity (Wildman–Crippen MR) is 167 cm³/mol. The number of aliphatic hydroxyl groups excluding tert-OH is 2. The minimum Gasteiger partial charge on any atom is -0.462 e. The summed E-state index contributed by atoms with van der Waals surface area (Å²) < 4.78 is 59.5. The number of carbonyl (C=O) groups excluding carboxylic acids is 4. The summed E-state index contributed by atoms with van der Waals surface area (Å²) >= 11 is 4.78. The monoisotopic (exact) mass is 804 g/mol. The van der Waals surface area contributed by atoms with Crippen LogP contribution in [0.25, 0.3) is 0 Å². The predicted octanol–water partition coefficient (Wildman–Crippen LogP) is -3.03. The van der Waals surface area contributed by atoms with E-state index < -0.39 is 124 Å². The van der Waals surface area contributed by atoms with Gasteiger partial charge in [-0.15, -0.1) is 6.42 Å². The van der Waals surface area contributed by atoms with Gasteiger partial charge in [-0.1, -0.05) is 5.92 Å². The highest BCUT2D eigenvalue weighted by Gasteiger charge is 2.57. The summed E-state index contributed by atoms with van der Waals surface area (Å²) in [6.07, 6.45) is -11.3. The van der Waals surface area contributed by atoms with E-state index in [-0.39, 0.29) is 0 Å². The van der Waals surface area contributed by atoms with Gasteiger partial charge in [0.2, 0.25) is 6.29 Å². The van der Waals surface area contributed by atoms with Crippen LogP contribution in [0.5, 0.6) is 0 Å². The number of phosphoric ester groups is 1. The lowest BCUT2D eigenvalue weighted by molar-refractivity contribution is -0.299. The van der Waals surface area contributed by atoms with E-state index in [4.69, 9.17) is 55.7 Å². The molecule has 2 saturated heterocycles. The number of nitrogens with zero attached hydrogens (tertiary/aromatic N) is 1. The third-order valence-electron chi connectivity index (χ3n) is 6.96. The highest BCUT2D eigenvalue weighted by atomic mass is 32.5. The first-order valence-corrected chi connectivity index (χ1v) is 18.6. The van der Waals surface area contributed by atoms with Crippen LogP contribution < -0.4 is 11.2 Å². The first-order valence-electron chi connectivity index (χ1n) is 14.5. The quantitative estimate of drug-likeness (QED) is 0.0471. The zero-order valence-electron chi connectivity index (χ0n) is 27.4. The van der Waals surface area contributed by atoms with Crippen molar-refractivity contribution >= 4 is 50.2 Å². The Bertz CT molecular complexity index is 1780. The molecule has 6 N–H and O–H groups in total. The number of carbonyl (C=O) groups is 4. The van der Waals surface area contributed by atoms with Crippen LogP contribution in [0.4, 0.5) is 0 Å². The molecule has 3 rings (SSSR count). The van der Waals surface area contributed by atoms with Gasteiger partial charge in [-0.2, -0.15) is 0 Å². The van der Waals surface area contributed by atoms with Crippen LogP contribution in [0.2, 0.25) is 0 Å². The first-order chi connectivity index (χ1) is 24.0. The van der Waals surface area contributed by atoms with E-state index in [0.29, 0.717) is 4.57 Å². The Labute approximate surface area is 297 Å². The smallest absolute Gasteiger partial charge is 0.462 e. The molecule has 0 aliphatic carbocycles. The molecule has 2 fully saturated rings. The fourth-order valence-corrected chi connectivity index (χ4v) is 8.01. The molecule has 0 bridgehead atoms. The van der Waals surface area contributed by atoms with E-state index in [2.05, 4.69) is 4.31 Å². The number of aromatic nitrogens is 2. The Morgan fingerprint density at radius 1 is 1.06 bits per heavy atom. The zero-order valence-corrected chi connectivity index (χ0v) is 30.0. The second-order valence-electron chi connectivity index (χ2n) is 10.9. The van der Waals surface area contributed by atoms with Crippen molar-refractivity contribution in [2.75, 3.05) is 13.2 Å². The Morgan fingerprint density at radius 2 is 1.67 bits per heavy atom. The minimum absolute atomic E-state index is 0.640. The molecule has 1 aromatic heterocycles. The summed E-state index contributed by atoms with van der Waals surface area (Å²) in [5.74, 6) is -2.18. The van der Waals surface area contributed by atoms with E-state index in [1.807, 2.05) is 10.9 Å². The molecule has 26 heteroatoms. The van der Waals surface area contributed by atoms with Gasteiger partial charge >= 0.3 is 44.1 Å². The van der Waals surface area contributed by atoms with Gasteiger partial charge in [-0.05, 0) is 11.8 Å². The Kier molecular flexibility index (Phi) is 14.2. The van der Waals surface area contributed by atoms with Crippen molar-refractivity contribution in [3.8, 4) is 12.3 Å². The molecule has 0 saturated carbocycles. The van der Waals surface area contributed by atoms with Gasteiger partial charge in [0.15, 0.2) is 30.1 Å². The summed E-state index contributed by atoms with van der Waals surface area (Å²) in [6.45, 7) is -3.08. The van der Waals surface area contributed by atoms with Crippen molar-refractivity contribution in [3.05, 3.63) is 33.1 Å². The number of aromatic amines is 1. The number of hydrogen-bond acceptors (Lipinski definition) is 20. The number of rotatable bonds is 14. The summed E-state index contributed by atoms with van der Waals surface area (Å²) in [5.41, 5.74) is -4.54. The van der Waals surface area contributed by atoms with Crippen molar-refractivity contribution in [2.24, 2.45) is 0 Å². The maximum absolute atomic E-state index is 13.2. The molecule has 12 atom stereocenters. The number of phosphoric acid groups is 1. The number of nitrogens with one attached hydrogen (secondary N) is 1.